The highest BCUT2D eigenvalue weighted by Gasteiger charge is 2.37. The van der Waals surface area contributed by atoms with Crippen LogP contribution in [-0.4, -0.2) is 62.6 Å². The van der Waals surface area contributed by atoms with Gasteiger partial charge in [-0.25, -0.2) is 13.4 Å². The normalized spacial score (nSPS) is 22.1. The van der Waals surface area contributed by atoms with Crippen molar-refractivity contribution in [1.29, 1.82) is 0 Å². The van der Waals surface area contributed by atoms with Gasteiger partial charge in [-0.15, -0.1) is 0 Å². The average molecular weight is 378 g/mol. The number of nitrogens with zero attached hydrogens (tertiary/aromatic N) is 3. The number of rotatable bonds is 4. The average Bonchev–Trinajstić information content (AvgIpc) is 2.95. The molecule has 2 aliphatic rings. The van der Waals surface area contributed by atoms with Crippen molar-refractivity contribution in [3.63, 3.8) is 0 Å². The molecule has 3 rings (SSSR count). The largest absolute Gasteiger partial charge is 0.378 e. The number of nitrogens with one attached hydrogen (secondary N) is 1. The molecule has 1 atom stereocenters. The molecule has 0 spiro atoms. The highest BCUT2D eigenvalue weighted by molar-refractivity contribution is 7.91. The van der Waals surface area contributed by atoms with E-state index in [4.69, 9.17) is 0 Å². The van der Waals surface area contributed by atoms with Crippen LogP contribution < -0.4 is 10.2 Å². The second kappa shape index (κ2) is 7.06. The lowest BCUT2D eigenvalue weighted by Gasteiger charge is -2.27. The van der Waals surface area contributed by atoms with E-state index < -0.39 is 15.9 Å². The molecule has 2 aliphatic heterocycles. The Bertz CT molecular complexity index is 846. The van der Waals surface area contributed by atoms with Gasteiger partial charge >= 0.3 is 0 Å². The number of carbonyl (C=O) groups excluding carboxylic acids is 2. The van der Waals surface area contributed by atoms with Gasteiger partial charge in [0.25, 0.3) is 5.91 Å². The number of amides is 2. The van der Waals surface area contributed by atoms with Crippen molar-refractivity contribution in [2.75, 3.05) is 35.8 Å². The van der Waals surface area contributed by atoms with Crippen molar-refractivity contribution < 1.29 is 18.0 Å². The monoisotopic (exact) mass is 378 g/mol. The van der Waals surface area contributed by atoms with Crippen LogP contribution >= 0.6 is 0 Å². The fourth-order valence-electron chi connectivity index (χ4n) is 3.03. The van der Waals surface area contributed by atoms with Crippen molar-refractivity contribution in [3.05, 3.63) is 24.3 Å². The lowest BCUT2D eigenvalue weighted by molar-refractivity contribution is -0.133. The molecule has 1 fully saturated rings. The minimum absolute atomic E-state index is 0.0523. The fraction of sp³-hybridized carbons (Fsp3) is 0.471. The first-order valence-electron chi connectivity index (χ1n) is 8.44. The predicted octanol–water partition coefficient (Wildman–Crippen LogP) is 0.857. The number of hydrogen-bond donors (Lipinski definition) is 1. The van der Waals surface area contributed by atoms with Gasteiger partial charge in [0, 0.05) is 38.3 Å². The van der Waals surface area contributed by atoms with Crippen LogP contribution in [0.4, 0.5) is 11.4 Å². The van der Waals surface area contributed by atoms with Crippen molar-refractivity contribution >= 4 is 38.7 Å². The smallest absolute Gasteiger partial charge is 0.271 e. The molecular formula is C17H22N4O4S. The van der Waals surface area contributed by atoms with E-state index in [0.717, 1.165) is 5.69 Å². The third-order valence-corrected chi connectivity index (χ3v) is 6.27. The molecule has 1 aromatic carbocycles. The zero-order valence-corrected chi connectivity index (χ0v) is 15.6. The maximum absolute atomic E-state index is 12.5. The number of anilines is 2. The first-order valence-corrected chi connectivity index (χ1v) is 10.3. The maximum atomic E-state index is 12.5. The number of benzene rings is 1. The molecule has 1 unspecified atom stereocenters. The Morgan fingerprint density at radius 3 is 2.50 bits per heavy atom. The second-order valence-corrected chi connectivity index (χ2v) is 8.97. The van der Waals surface area contributed by atoms with E-state index in [1.165, 1.54) is 5.01 Å². The summed E-state index contributed by atoms with van der Waals surface area (Å²) >= 11 is 0. The van der Waals surface area contributed by atoms with Gasteiger partial charge in [-0.05, 0) is 30.7 Å². The first kappa shape index (κ1) is 18.4. The Balaban J connectivity index is 1.72. The van der Waals surface area contributed by atoms with E-state index in [2.05, 4.69) is 10.4 Å². The highest BCUT2D eigenvalue weighted by atomic mass is 32.2. The summed E-state index contributed by atoms with van der Waals surface area (Å²) in [6.07, 6.45) is 0.761. The summed E-state index contributed by atoms with van der Waals surface area (Å²) < 4.78 is 23.3. The van der Waals surface area contributed by atoms with Gasteiger partial charge in [-0.3, -0.25) is 9.59 Å². The minimum atomic E-state index is -3.13. The molecule has 0 aromatic heterocycles. The lowest BCUT2D eigenvalue weighted by Crippen LogP contribution is -2.42. The highest BCUT2D eigenvalue weighted by Crippen LogP contribution is 2.23. The molecule has 0 saturated carbocycles. The standard InChI is InChI=1S/C17H22N4O4S/c1-20(2)13-5-3-12(4-6-13)18-17(23)15-7-8-16(22)21(19-15)14-9-10-26(24,25)11-14/h3-6,14H,7-11H2,1-2H3,(H,18,23). The summed E-state index contributed by atoms with van der Waals surface area (Å²) in [4.78, 5) is 26.5. The molecule has 1 N–H and O–H groups in total. The first-order chi connectivity index (χ1) is 12.2. The molecule has 0 radical (unpaired) electrons. The number of hydrogen-bond acceptors (Lipinski definition) is 6. The van der Waals surface area contributed by atoms with Crippen molar-refractivity contribution in [3.8, 4) is 0 Å². The summed E-state index contributed by atoms with van der Waals surface area (Å²) in [6.45, 7) is 0. The van der Waals surface area contributed by atoms with E-state index in [9.17, 15) is 18.0 Å². The van der Waals surface area contributed by atoms with Crippen LogP contribution in [0, 0.1) is 0 Å². The third kappa shape index (κ3) is 4.04. The molecule has 9 heteroatoms. The van der Waals surface area contributed by atoms with Gasteiger partial charge in [-0.2, -0.15) is 5.10 Å². The van der Waals surface area contributed by atoms with Crippen molar-refractivity contribution in [2.24, 2.45) is 5.10 Å². The van der Waals surface area contributed by atoms with Crippen LogP contribution in [-0.2, 0) is 19.4 Å². The van der Waals surface area contributed by atoms with Crippen LogP contribution in [0.25, 0.3) is 0 Å². The van der Waals surface area contributed by atoms with Gasteiger partial charge in [0.15, 0.2) is 9.84 Å². The van der Waals surface area contributed by atoms with E-state index in [1.54, 1.807) is 12.1 Å². The minimum Gasteiger partial charge on any atom is -0.378 e. The number of sulfone groups is 1. The Morgan fingerprint density at radius 2 is 1.92 bits per heavy atom. The Hall–Kier alpha value is -2.42. The molecular weight excluding hydrogens is 356 g/mol. The molecule has 1 saturated heterocycles. The van der Waals surface area contributed by atoms with Gasteiger partial charge in [-0.1, -0.05) is 0 Å². The van der Waals surface area contributed by atoms with Crippen LogP contribution in [0.5, 0.6) is 0 Å². The molecule has 1 aromatic rings. The van der Waals surface area contributed by atoms with Crippen LogP contribution in [0.1, 0.15) is 19.3 Å². The van der Waals surface area contributed by atoms with Gasteiger partial charge in [0.05, 0.1) is 17.5 Å². The van der Waals surface area contributed by atoms with E-state index in [0.29, 0.717) is 12.1 Å². The summed E-state index contributed by atoms with van der Waals surface area (Å²) in [5.74, 6) is -0.653. The van der Waals surface area contributed by atoms with Crippen molar-refractivity contribution in [1.82, 2.24) is 5.01 Å². The van der Waals surface area contributed by atoms with Crippen LogP contribution in [0.2, 0.25) is 0 Å². The zero-order chi connectivity index (χ0) is 18.9. The van der Waals surface area contributed by atoms with E-state index >= 15 is 0 Å². The summed E-state index contributed by atoms with van der Waals surface area (Å²) in [5, 5.41) is 8.14. The fourth-order valence-corrected chi connectivity index (χ4v) is 4.73. The Labute approximate surface area is 152 Å². The van der Waals surface area contributed by atoms with Gasteiger partial charge in [0.1, 0.15) is 5.71 Å². The lowest BCUT2D eigenvalue weighted by atomic mass is 10.1. The van der Waals surface area contributed by atoms with E-state index in [-0.39, 0.29) is 41.9 Å². The second-order valence-electron chi connectivity index (χ2n) is 6.74. The molecule has 140 valence electrons. The molecule has 2 heterocycles. The molecule has 26 heavy (non-hydrogen) atoms. The van der Waals surface area contributed by atoms with Crippen LogP contribution in [0.3, 0.4) is 0 Å². The Kier molecular flexibility index (Phi) is 4.99. The molecule has 2 amide bonds. The maximum Gasteiger partial charge on any atom is 0.271 e. The van der Waals surface area contributed by atoms with Gasteiger partial charge < -0.3 is 10.2 Å². The SMILES string of the molecule is CN(C)c1ccc(NC(=O)C2=NN(C3CCS(=O)(=O)C3)C(=O)CC2)cc1. The number of hydrazone groups is 1. The topological polar surface area (TPSA) is 99.2 Å². The van der Waals surface area contributed by atoms with Gasteiger partial charge in [0.2, 0.25) is 5.91 Å². The summed E-state index contributed by atoms with van der Waals surface area (Å²) in [5.41, 5.74) is 1.89. The summed E-state index contributed by atoms with van der Waals surface area (Å²) in [6, 6.07) is 6.89. The number of carbonyl (C=O) groups is 2. The van der Waals surface area contributed by atoms with E-state index in [1.807, 2.05) is 31.1 Å². The quantitative estimate of drug-likeness (QED) is 0.838. The van der Waals surface area contributed by atoms with Crippen molar-refractivity contribution in [2.45, 2.75) is 25.3 Å². The summed E-state index contributed by atoms with van der Waals surface area (Å²) in [7, 11) is 0.726. The predicted molar refractivity (Wildman–Crippen MR) is 100.0 cm³/mol. The van der Waals surface area contributed by atoms with Crippen LogP contribution in [0.15, 0.2) is 29.4 Å². The molecule has 0 aliphatic carbocycles. The zero-order valence-electron chi connectivity index (χ0n) is 14.8. The molecule has 8 nitrogen and oxygen atoms in total. The Morgan fingerprint density at radius 1 is 1.23 bits per heavy atom. The third-order valence-electron chi connectivity index (χ3n) is 4.52. The molecule has 0 bridgehead atoms.